The van der Waals surface area contributed by atoms with Gasteiger partial charge in [0, 0.05) is 30.7 Å². The number of nitrogens with zero attached hydrogens (tertiary/aromatic N) is 2. The Morgan fingerprint density at radius 3 is 2.57 bits per heavy atom. The average Bonchev–Trinajstić information content (AvgIpc) is 3.38. The highest BCUT2D eigenvalue weighted by Crippen LogP contribution is 2.34. The normalized spacial score (nSPS) is 12.3. The molecule has 2 heterocycles. The van der Waals surface area contributed by atoms with E-state index in [9.17, 15) is 14.0 Å². The molecule has 182 valence electrons. The zero-order chi connectivity index (χ0) is 24.9. The number of hydrogen-bond donors (Lipinski definition) is 1. The van der Waals surface area contributed by atoms with Gasteiger partial charge >= 0.3 is 0 Å². The van der Waals surface area contributed by atoms with Gasteiger partial charge in [0.2, 0.25) is 0 Å². The second-order valence-corrected chi connectivity index (χ2v) is 8.79. The van der Waals surface area contributed by atoms with Crippen molar-refractivity contribution in [1.29, 1.82) is 0 Å². The van der Waals surface area contributed by atoms with Crippen LogP contribution in [0, 0.1) is 11.7 Å². The fourth-order valence-electron chi connectivity index (χ4n) is 4.33. The summed E-state index contributed by atoms with van der Waals surface area (Å²) in [5.74, 6) is -0.686. The molecule has 0 fully saturated rings. The Hall–Kier alpha value is -3.78. The molecule has 2 N–H and O–H groups in total. The lowest BCUT2D eigenvalue weighted by molar-refractivity contribution is 0.0577. The lowest BCUT2D eigenvalue weighted by atomic mass is 9.92. The first-order valence-corrected chi connectivity index (χ1v) is 11.6. The molecule has 7 nitrogen and oxygen atoms in total. The molecule has 0 spiro atoms. The second kappa shape index (κ2) is 10.7. The number of aromatic nitrogens is 1. The third-order valence-corrected chi connectivity index (χ3v) is 5.96. The lowest BCUT2D eigenvalue weighted by Gasteiger charge is -2.34. The fourth-order valence-corrected chi connectivity index (χ4v) is 4.33. The molecule has 4 rings (SSSR count). The molecule has 0 radical (unpaired) electrons. The molecule has 2 aromatic heterocycles. The Kier molecular flexibility index (Phi) is 7.41. The van der Waals surface area contributed by atoms with Gasteiger partial charge in [0.15, 0.2) is 11.1 Å². The van der Waals surface area contributed by atoms with E-state index in [0.29, 0.717) is 42.6 Å². The monoisotopic (exact) mass is 477 g/mol. The number of benzene rings is 2. The number of hydrogen-bond acceptors (Lipinski definition) is 6. The summed E-state index contributed by atoms with van der Waals surface area (Å²) < 4.78 is 25.2. The summed E-state index contributed by atoms with van der Waals surface area (Å²) >= 11 is 0. The summed E-state index contributed by atoms with van der Waals surface area (Å²) in [6.07, 6.45) is 2.17. The zero-order valence-corrected chi connectivity index (χ0v) is 19.7. The van der Waals surface area contributed by atoms with E-state index in [0.717, 1.165) is 5.56 Å². The molecule has 0 saturated heterocycles. The quantitative estimate of drug-likeness (QED) is 0.375. The van der Waals surface area contributed by atoms with Gasteiger partial charge < -0.3 is 19.6 Å². The predicted molar refractivity (Wildman–Crippen MR) is 130 cm³/mol. The van der Waals surface area contributed by atoms with E-state index < -0.39 is 11.9 Å². The maximum absolute atomic E-state index is 14.1. The minimum absolute atomic E-state index is 0.139. The molecule has 4 aromatic rings. The van der Waals surface area contributed by atoms with Crippen molar-refractivity contribution in [2.24, 2.45) is 11.7 Å². The number of nitrogens with two attached hydrogens (primary N) is 1. The molecule has 2 aromatic carbocycles. The van der Waals surface area contributed by atoms with Crippen molar-refractivity contribution in [2.75, 3.05) is 13.1 Å². The molecule has 0 aliphatic heterocycles. The van der Waals surface area contributed by atoms with E-state index in [-0.39, 0.29) is 28.5 Å². The van der Waals surface area contributed by atoms with Crippen LogP contribution in [0.4, 0.5) is 4.39 Å². The van der Waals surface area contributed by atoms with Gasteiger partial charge in [-0.3, -0.25) is 9.59 Å². The van der Waals surface area contributed by atoms with Crippen LogP contribution >= 0.6 is 0 Å². The van der Waals surface area contributed by atoms with Crippen LogP contribution in [0.15, 0.2) is 74.6 Å². The molecule has 35 heavy (non-hydrogen) atoms. The number of fused-ring (bicyclic) bond motifs is 1. The van der Waals surface area contributed by atoms with Crippen LogP contribution in [0.25, 0.3) is 11.0 Å². The van der Waals surface area contributed by atoms with Crippen LogP contribution in [-0.4, -0.2) is 29.1 Å². The molecule has 0 aliphatic carbocycles. The molecule has 8 heteroatoms. The van der Waals surface area contributed by atoms with E-state index in [2.05, 4.69) is 5.16 Å². The average molecular weight is 478 g/mol. The molecule has 0 aliphatic rings. The van der Waals surface area contributed by atoms with Crippen LogP contribution < -0.4 is 11.2 Å². The number of carbonyl (C=O) groups excluding carboxylic acids is 1. The topological polar surface area (TPSA) is 103 Å². The first-order valence-electron chi connectivity index (χ1n) is 11.6. The van der Waals surface area contributed by atoms with E-state index in [1.807, 2.05) is 44.2 Å². The summed E-state index contributed by atoms with van der Waals surface area (Å²) in [5, 5.41) is 4.10. The van der Waals surface area contributed by atoms with Gasteiger partial charge in [-0.1, -0.05) is 49.3 Å². The van der Waals surface area contributed by atoms with Crippen molar-refractivity contribution >= 4 is 16.9 Å². The van der Waals surface area contributed by atoms with Gasteiger partial charge in [-0.15, -0.1) is 0 Å². The maximum atomic E-state index is 14.1. The maximum Gasteiger partial charge on any atom is 0.276 e. The molecule has 1 amide bonds. The molecule has 1 atom stereocenters. The molecule has 0 bridgehead atoms. The summed E-state index contributed by atoms with van der Waals surface area (Å²) in [6, 6.07) is 14.3. The largest absolute Gasteiger partial charge is 0.458 e. The van der Waals surface area contributed by atoms with E-state index >= 15 is 0 Å². The van der Waals surface area contributed by atoms with E-state index in [4.69, 9.17) is 14.7 Å². The summed E-state index contributed by atoms with van der Waals surface area (Å²) in [5.41, 5.74) is 7.16. The van der Waals surface area contributed by atoms with Crippen LogP contribution in [0.1, 0.15) is 53.7 Å². The van der Waals surface area contributed by atoms with Crippen LogP contribution in [-0.2, 0) is 6.42 Å². The summed E-state index contributed by atoms with van der Waals surface area (Å²) in [6.45, 7) is 4.58. The predicted octanol–water partition coefficient (Wildman–Crippen LogP) is 4.70. The third kappa shape index (κ3) is 5.17. The highest BCUT2D eigenvalue weighted by Gasteiger charge is 2.34. The molecular formula is C27H28FN3O4. The Labute approximate surface area is 202 Å². The summed E-state index contributed by atoms with van der Waals surface area (Å²) in [4.78, 5) is 28.8. The zero-order valence-electron chi connectivity index (χ0n) is 19.7. The minimum Gasteiger partial charge on any atom is -0.458 e. The first kappa shape index (κ1) is 24.3. The van der Waals surface area contributed by atoms with Crippen molar-refractivity contribution < 1.29 is 18.1 Å². The molecule has 0 saturated carbocycles. The Balaban J connectivity index is 1.94. The number of halogens is 1. The van der Waals surface area contributed by atoms with Crippen molar-refractivity contribution in [2.45, 2.75) is 32.7 Å². The Bertz CT molecular complexity index is 1350. The first-order chi connectivity index (χ1) is 16.9. The van der Waals surface area contributed by atoms with Crippen LogP contribution in [0.5, 0.6) is 0 Å². The fraction of sp³-hybridized carbons (Fsp3) is 0.296. The Morgan fingerprint density at radius 1 is 1.14 bits per heavy atom. The number of amides is 1. The van der Waals surface area contributed by atoms with Gasteiger partial charge in [-0.05, 0) is 36.6 Å². The van der Waals surface area contributed by atoms with Gasteiger partial charge in [0.05, 0.1) is 11.4 Å². The highest BCUT2D eigenvalue weighted by molar-refractivity contribution is 5.92. The highest BCUT2D eigenvalue weighted by atomic mass is 19.1. The number of carbonyl (C=O) groups is 1. The number of rotatable bonds is 9. The SMILES string of the molecule is CC(C)C(c1oc2cc(F)ccc2c(=O)c1Cc1ccccc1)N(CCCN)C(=O)c1ccon1. The third-order valence-electron chi connectivity index (χ3n) is 5.96. The van der Waals surface area contributed by atoms with Crippen molar-refractivity contribution in [3.63, 3.8) is 0 Å². The summed E-state index contributed by atoms with van der Waals surface area (Å²) in [7, 11) is 0. The van der Waals surface area contributed by atoms with Gasteiger partial charge in [0.1, 0.15) is 23.4 Å². The van der Waals surface area contributed by atoms with Crippen LogP contribution in [0.2, 0.25) is 0 Å². The minimum atomic E-state index is -0.621. The molecular weight excluding hydrogens is 449 g/mol. The van der Waals surface area contributed by atoms with Crippen LogP contribution in [0.3, 0.4) is 0 Å². The molecule has 1 unspecified atom stereocenters. The van der Waals surface area contributed by atoms with Crippen molar-refractivity contribution in [3.8, 4) is 0 Å². The van der Waals surface area contributed by atoms with E-state index in [1.54, 1.807) is 4.90 Å². The Morgan fingerprint density at radius 2 is 1.91 bits per heavy atom. The second-order valence-electron chi connectivity index (χ2n) is 8.79. The van der Waals surface area contributed by atoms with Crippen molar-refractivity contribution in [3.05, 3.63) is 99.5 Å². The van der Waals surface area contributed by atoms with E-state index in [1.165, 1.54) is 30.5 Å². The van der Waals surface area contributed by atoms with Gasteiger partial charge in [-0.25, -0.2) is 4.39 Å². The smallest absolute Gasteiger partial charge is 0.276 e. The van der Waals surface area contributed by atoms with Gasteiger partial charge in [0.25, 0.3) is 5.91 Å². The van der Waals surface area contributed by atoms with Gasteiger partial charge in [-0.2, -0.15) is 0 Å². The standard InChI is InChI=1S/C27H28FN3O4/c1-17(2)24(31(13-6-12-29)27(33)22-11-14-34-30-22)26-21(15-18-7-4-3-5-8-18)25(32)20-10-9-19(28)16-23(20)35-26/h3-5,7-11,14,16-17,24H,6,12-13,15,29H2,1-2H3. The lowest BCUT2D eigenvalue weighted by Crippen LogP contribution is -2.40. The van der Waals surface area contributed by atoms with Crippen molar-refractivity contribution in [1.82, 2.24) is 10.1 Å².